The second-order valence-electron chi connectivity index (χ2n) is 4.78. The number of anilines is 1. The fraction of sp³-hybridized carbons (Fsp3) is 0.500. The fourth-order valence-corrected chi connectivity index (χ4v) is 3.42. The van der Waals surface area contributed by atoms with Crippen LogP contribution in [-0.2, 0) is 10.0 Å². The summed E-state index contributed by atoms with van der Waals surface area (Å²) in [5, 5.41) is 23.0. The van der Waals surface area contributed by atoms with E-state index in [0.29, 0.717) is 5.56 Å². The van der Waals surface area contributed by atoms with Gasteiger partial charge in [-0.15, -0.1) is 0 Å². The zero-order chi connectivity index (χ0) is 16.4. The first-order valence-electron chi connectivity index (χ1n) is 6.22. The van der Waals surface area contributed by atoms with E-state index in [1.165, 1.54) is 27.1 Å². The molecule has 1 aromatic carbocycles. The second-order valence-corrected chi connectivity index (χ2v) is 6.79. The van der Waals surface area contributed by atoms with Crippen molar-refractivity contribution in [3.8, 4) is 0 Å². The third-order valence-electron chi connectivity index (χ3n) is 2.97. The van der Waals surface area contributed by atoms with Crippen molar-refractivity contribution < 1.29 is 18.4 Å². The standard InChI is InChI=1S/C12H19N3O5S/c1-8-5-10(13-3)11(15(17)18)6-12(8)21(19,20)14(4)7-9(2)16/h5-6,9,13,16H,7H2,1-4H3. The molecular formula is C12H19N3O5S. The van der Waals surface area contributed by atoms with Gasteiger partial charge in [-0.3, -0.25) is 10.1 Å². The Morgan fingerprint density at radius 2 is 2.05 bits per heavy atom. The number of hydrogen-bond acceptors (Lipinski definition) is 6. The lowest BCUT2D eigenvalue weighted by molar-refractivity contribution is -0.384. The van der Waals surface area contributed by atoms with E-state index in [0.717, 1.165) is 10.4 Å². The molecule has 8 nitrogen and oxygen atoms in total. The molecule has 0 amide bonds. The van der Waals surface area contributed by atoms with Gasteiger partial charge in [0.2, 0.25) is 10.0 Å². The number of aliphatic hydroxyl groups excluding tert-OH is 1. The van der Waals surface area contributed by atoms with Crippen LogP contribution in [0.3, 0.4) is 0 Å². The summed E-state index contributed by atoms with van der Waals surface area (Å²) in [6.07, 6.45) is -0.836. The lowest BCUT2D eigenvalue weighted by Crippen LogP contribution is -2.33. The number of nitro groups is 1. The number of aryl methyl sites for hydroxylation is 1. The largest absolute Gasteiger partial charge is 0.392 e. The van der Waals surface area contributed by atoms with Gasteiger partial charge in [-0.05, 0) is 25.5 Å². The van der Waals surface area contributed by atoms with Crippen LogP contribution in [0.4, 0.5) is 11.4 Å². The maximum absolute atomic E-state index is 12.4. The summed E-state index contributed by atoms with van der Waals surface area (Å²) < 4.78 is 25.8. The average Bonchev–Trinajstić information content (AvgIpc) is 2.36. The van der Waals surface area contributed by atoms with Crippen molar-refractivity contribution >= 4 is 21.4 Å². The highest BCUT2D eigenvalue weighted by Gasteiger charge is 2.27. The maximum atomic E-state index is 12.4. The van der Waals surface area contributed by atoms with Gasteiger partial charge in [-0.2, -0.15) is 4.31 Å². The highest BCUT2D eigenvalue weighted by molar-refractivity contribution is 7.89. The van der Waals surface area contributed by atoms with E-state index in [4.69, 9.17) is 0 Å². The minimum absolute atomic E-state index is 0.0939. The summed E-state index contributed by atoms with van der Waals surface area (Å²) in [5.41, 5.74) is 0.323. The summed E-state index contributed by atoms with van der Waals surface area (Å²) in [6.45, 7) is 2.93. The molecule has 1 rings (SSSR count). The van der Waals surface area contributed by atoms with E-state index in [-0.39, 0.29) is 22.8 Å². The minimum atomic E-state index is -3.90. The van der Waals surface area contributed by atoms with Crippen LogP contribution >= 0.6 is 0 Å². The lowest BCUT2D eigenvalue weighted by atomic mass is 10.2. The zero-order valence-electron chi connectivity index (χ0n) is 12.3. The molecule has 1 atom stereocenters. The number of nitrogens with zero attached hydrogens (tertiary/aromatic N) is 2. The normalized spacial score (nSPS) is 13.2. The van der Waals surface area contributed by atoms with Gasteiger partial charge in [0, 0.05) is 26.7 Å². The molecule has 0 aromatic heterocycles. The van der Waals surface area contributed by atoms with Crippen molar-refractivity contribution in [1.82, 2.24) is 4.31 Å². The van der Waals surface area contributed by atoms with Crippen LogP contribution < -0.4 is 5.32 Å². The van der Waals surface area contributed by atoms with Gasteiger partial charge >= 0.3 is 0 Å². The number of aliphatic hydroxyl groups is 1. The highest BCUT2D eigenvalue weighted by atomic mass is 32.2. The molecule has 118 valence electrons. The van der Waals surface area contributed by atoms with Gasteiger partial charge in [0.25, 0.3) is 5.69 Å². The molecule has 0 aliphatic carbocycles. The molecule has 0 bridgehead atoms. The summed E-state index contributed by atoms with van der Waals surface area (Å²) in [4.78, 5) is 10.3. The monoisotopic (exact) mass is 317 g/mol. The first kappa shape index (κ1) is 17.3. The van der Waals surface area contributed by atoms with E-state index in [2.05, 4.69) is 5.32 Å². The maximum Gasteiger partial charge on any atom is 0.293 e. The third-order valence-corrected chi connectivity index (χ3v) is 4.93. The van der Waals surface area contributed by atoms with E-state index < -0.39 is 21.1 Å². The topological polar surface area (TPSA) is 113 Å². The SMILES string of the molecule is CNc1cc(C)c(S(=O)(=O)N(C)CC(C)O)cc1[N+](=O)[O-]. The van der Waals surface area contributed by atoms with E-state index in [1.807, 2.05) is 0 Å². The van der Waals surface area contributed by atoms with Crippen molar-refractivity contribution in [2.75, 3.05) is 26.0 Å². The molecule has 1 unspecified atom stereocenters. The van der Waals surface area contributed by atoms with Crippen LogP contribution in [-0.4, -0.2) is 49.5 Å². The van der Waals surface area contributed by atoms with Crippen LogP contribution in [0, 0.1) is 17.0 Å². The van der Waals surface area contributed by atoms with E-state index in [1.54, 1.807) is 6.92 Å². The van der Waals surface area contributed by atoms with Crippen molar-refractivity contribution in [1.29, 1.82) is 0 Å². The Hall–Kier alpha value is -1.71. The van der Waals surface area contributed by atoms with Crippen molar-refractivity contribution in [3.63, 3.8) is 0 Å². The molecule has 0 aliphatic rings. The molecule has 1 aromatic rings. The molecule has 2 N–H and O–H groups in total. The predicted octanol–water partition coefficient (Wildman–Crippen LogP) is 0.946. The van der Waals surface area contributed by atoms with Gasteiger partial charge < -0.3 is 10.4 Å². The number of nitro benzene ring substituents is 1. The van der Waals surface area contributed by atoms with E-state index >= 15 is 0 Å². The van der Waals surface area contributed by atoms with Gasteiger partial charge in [-0.25, -0.2) is 8.42 Å². The zero-order valence-corrected chi connectivity index (χ0v) is 13.1. The smallest absolute Gasteiger partial charge is 0.293 e. The molecule has 0 saturated carbocycles. The number of likely N-dealkylation sites (N-methyl/N-ethyl adjacent to an activating group) is 1. The van der Waals surface area contributed by atoms with Gasteiger partial charge in [0.05, 0.1) is 15.9 Å². The molecule has 9 heteroatoms. The number of hydrogen-bond donors (Lipinski definition) is 2. The molecular weight excluding hydrogens is 298 g/mol. The molecule has 21 heavy (non-hydrogen) atoms. The van der Waals surface area contributed by atoms with Crippen molar-refractivity contribution in [2.45, 2.75) is 24.8 Å². The van der Waals surface area contributed by atoms with Crippen LogP contribution in [0.5, 0.6) is 0 Å². The minimum Gasteiger partial charge on any atom is -0.392 e. The number of sulfonamides is 1. The predicted molar refractivity (Wildman–Crippen MR) is 78.9 cm³/mol. The Morgan fingerprint density at radius 3 is 2.48 bits per heavy atom. The second kappa shape index (κ2) is 6.37. The molecule has 0 spiro atoms. The summed E-state index contributed by atoms with van der Waals surface area (Å²) in [7, 11) is -1.06. The molecule has 0 radical (unpaired) electrons. The molecule has 0 saturated heterocycles. The van der Waals surface area contributed by atoms with Gasteiger partial charge in [0.1, 0.15) is 5.69 Å². The fourth-order valence-electron chi connectivity index (χ4n) is 1.94. The third kappa shape index (κ3) is 3.69. The Labute approximate surface area is 123 Å². The Morgan fingerprint density at radius 1 is 1.48 bits per heavy atom. The summed E-state index contributed by atoms with van der Waals surface area (Å²) in [5.74, 6) is 0. The molecule has 0 heterocycles. The van der Waals surface area contributed by atoms with Gasteiger partial charge in [0.15, 0.2) is 0 Å². The Kier molecular flexibility index (Phi) is 5.26. The molecule has 0 aliphatic heterocycles. The lowest BCUT2D eigenvalue weighted by Gasteiger charge is -2.20. The number of benzene rings is 1. The summed E-state index contributed by atoms with van der Waals surface area (Å²) >= 11 is 0. The Bertz CT molecular complexity index is 643. The van der Waals surface area contributed by atoms with Crippen LogP contribution in [0.15, 0.2) is 17.0 Å². The highest BCUT2D eigenvalue weighted by Crippen LogP contribution is 2.31. The van der Waals surface area contributed by atoms with E-state index in [9.17, 15) is 23.6 Å². The average molecular weight is 317 g/mol. The first-order valence-corrected chi connectivity index (χ1v) is 7.66. The van der Waals surface area contributed by atoms with Crippen LogP contribution in [0.1, 0.15) is 12.5 Å². The summed E-state index contributed by atoms with van der Waals surface area (Å²) in [6, 6.07) is 2.45. The van der Waals surface area contributed by atoms with Gasteiger partial charge in [-0.1, -0.05) is 0 Å². The quantitative estimate of drug-likeness (QED) is 0.596. The first-order chi connectivity index (χ1) is 9.61. The van der Waals surface area contributed by atoms with Crippen molar-refractivity contribution in [2.24, 2.45) is 0 Å². The van der Waals surface area contributed by atoms with Crippen LogP contribution in [0.25, 0.3) is 0 Å². The number of nitrogens with one attached hydrogen (secondary N) is 1. The Balaban J connectivity index is 3.42. The molecule has 0 fully saturated rings. The van der Waals surface area contributed by atoms with Crippen LogP contribution in [0.2, 0.25) is 0 Å². The van der Waals surface area contributed by atoms with Crippen molar-refractivity contribution in [3.05, 3.63) is 27.8 Å². The number of rotatable bonds is 6.